The van der Waals surface area contributed by atoms with Crippen molar-refractivity contribution in [3.63, 3.8) is 0 Å². The van der Waals surface area contributed by atoms with Crippen LogP contribution in [0.3, 0.4) is 0 Å². The molecule has 2 rings (SSSR count). The van der Waals surface area contributed by atoms with Crippen molar-refractivity contribution in [3.05, 3.63) is 34.1 Å². The lowest BCUT2D eigenvalue weighted by molar-refractivity contribution is 0.101. The summed E-state index contributed by atoms with van der Waals surface area (Å²) in [4.78, 5) is 0. The first-order chi connectivity index (χ1) is 10.2. The minimum atomic E-state index is -0.185. The van der Waals surface area contributed by atoms with E-state index in [4.69, 9.17) is 4.74 Å². The molecule has 0 aromatic heterocycles. The summed E-state index contributed by atoms with van der Waals surface area (Å²) in [5, 5.41) is 3.53. The second-order valence-corrected chi connectivity index (χ2v) is 6.60. The zero-order chi connectivity index (χ0) is 15.1. The first-order valence-electron chi connectivity index (χ1n) is 8.00. The molecule has 1 aliphatic heterocycles. The van der Waals surface area contributed by atoms with Crippen LogP contribution in [0.25, 0.3) is 0 Å². The smallest absolute Gasteiger partial charge is 0.137 e. The Bertz CT molecular complexity index is 435. The average molecular weight is 358 g/mol. The largest absolute Gasteiger partial charge is 0.378 e. The third-order valence-electron chi connectivity index (χ3n) is 4.03. The standard InChI is InChI=1S/C17H25BrFNO/c1-2-10-20-17(7-3-5-14-6-4-11-21-14)13-8-9-15(18)16(19)12-13/h8-9,12,14,17,20H,2-7,10-11H2,1H3. The van der Waals surface area contributed by atoms with E-state index in [9.17, 15) is 4.39 Å². The number of hydrogen-bond acceptors (Lipinski definition) is 2. The molecule has 1 saturated heterocycles. The Morgan fingerprint density at radius 2 is 2.33 bits per heavy atom. The van der Waals surface area contributed by atoms with E-state index in [1.165, 1.54) is 12.8 Å². The van der Waals surface area contributed by atoms with Gasteiger partial charge in [0.2, 0.25) is 0 Å². The van der Waals surface area contributed by atoms with Crippen LogP contribution in [0, 0.1) is 5.82 Å². The highest BCUT2D eigenvalue weighted by Crippen LogP contribution is 2.26. The van der Waals surface area contributed by atoms with Gasteiger partial charge in [-0.15, -0.1) is 0 Å². The normalized spacial score (nSPS) is 19.9. The average Bonchev–Trinajstić information content (AvgIpc) is 2.99. The van der Waals surface area contributed by atoms with Crippen LogP contribution in [0.4, 0.5) is 4.39 Å². The Balaban J connectivity index is 1.90. The van der Waals surface area contributed by atoms with Crippen molar-refractivity contribution >= 4 is 15.9 Å². The molecule has 4 heteroatoms. The summed E-state index contributed by atoms with van der Waals surface area (Å²) >= 11 is 3.22. The summed E-state index contributed by atoms with van der Waals surface area (Å²) < 4.78 is 19.9. The molecule has 21 heavy (non-hydrogen) atoms. The van der Waals surface area contributed by atoms with E-state index in [0.717, 1.165) is 44.4 Å². The third kappa shape index (κ3) is 5.35. The minimum absolute atomic E-state index is 0.185. The molecule has 1 aromatic rings. The fourth-order valence-corrected chi connectivity index (χ4v) is 3.10. The van der Waals surface area contributed by atoms with E-state index in [0.29, 0.717) is 10.6 Å². The van der Waals surface area contributed by atoms with Crippen LogP contribution < -0.4 is 5.32 Å². The molecule has 1 heterocycles. The van der Waals surface area contributed by atoms with Crippen molar-refractivity contribution in [2.24, 2.45) is 0 Å². The van der Waals surface area contributed by atoms with E-state index < -0.39 is 0 Å². The molecule has 2 unspecified atom stereocenters. The second-order valence-electron chi connectivity index (χ2n) is 5.75. The number of halogens is 2. The maximum atomic E-state index is 13.7. The Morgan fingerprint density at radius 1 is 1.48 bits per heavy atom. The Hall–Kier alpha value is -0.450. The highest BCUT2D eigenvalue weighted by Gasteiger charge is 2.17. The van der Waals surface area contributed by atoms with Gasteiger partial charge in [0.1, 0.15) is 5.82 Å². The first kappa shape index (κ1) is 16.9. The third-order valence-corrected chi connectivity index (χ3v) is 4.67. The van der Waals surface area contributed by atoms with Gasteiger partial charge in [-0.3, -0.25) is 0 Å². The summed E-state index contributed by atoms with van der Waals surface area (Å²) in [6.07, 6.45) is 7.17. The van der Waals surface area contributed by atoms with Gasteiger partial charge in [0.25, 0.3) is 0 Å². The molecule has 1 aliphatic rings. The topological polar surface area (TPSA) is 21.3 Å². The van der Waals surface area contributed by atoms with Crippen LogP contribution in [-0.2, 0) is 4.74 Å². The van der Waals surface area contributed by atoms with Gasteiger partial charge in [-0.25, -0.2) is 4.39 Å². The lowest BCUT2D eigenvalue weighted by atomic mass is 9.99. The second kappa shape index (κ2) is 8.86. The van der Waals surface area contributed by atoms with E-state index >= 15 is 0 Å². The van der Waals surface area contributed by atoms with E-state index in [1.54, 1.807) is 12.1 Å². The molecule has 0 saturated carbocycles. The van der Waals surface area contributed by atoms with Crippen LogP contribution in [0.15, 0.2) is 22.7 Å². The number of hydrogen-bond donors (Lipinski definition) is 1. The van der Waals surface area contributed by atoms with Crippen LogP contribution >= 0.6 is 15.9 Å². The lowest BCUT2D eigenvalue weighted by Gasteiger charge is -2.20. The van der Waals surface area contributed by atoms with E-state index in [1.807, 2.05) is 6.07 Å². The van der Waals surface area contributed by atoms with Crippen molar-refractivity contribution < 1.29 is 9.13 Å². The van der Waals surface area contributed by atoms with Gasteiger partial charge in [-0.05, 0) is 78.7 Å². The Morgan fingerprint density at radius 3 is 3.00 bits per heavy atom. The van der Waals surface area contributed by atoms with Crippen LogP contribution in [0.5, 0.6) is 0 Å². The number of benzene rings is 1. The monoisotopic (exact) mass is 357 g/mol. The van der Waals surface area contributed by atoms with Crippen molar-refractivity contribution in [3.8, 4) is 0 Å². The van der Waals surface area contributed by atoms with Crippen LogP contribution in [-0.4, -0.2) is 19.3 Å². The summed E-state index contributed by atoms with van der Waals surface area (Å²) in [6, 6.07) is 5.68. The van der Waals surface area contributed by atoms with Crippen molar-refractivity contribution in [2.75, 3.05) is 13.2 Å². The summed E-state index contributed by atoms with van der Waals surface area (Å²) in [5.74, 6) is -0.185. The lowest BCUT2D eigenvalue weighted by Crippen LogP contribution is -2.22. The Labute approximate surface area is 135 Å². The molecule has 0 bridgehead atoms. The van der Waals surface area contributed by atoms with Gasteiger partial charge in [0.15, 0.2) is 0 Å². The fraction of sp³-hybridized carbons (Fsp3) is 0.647. The van der Waals surface area contributed by atoms with Crippen molar-refractivity contribution in [1.29, 1.82) is 0 Å². The molecule has 1 aromatic carbocycles. The van der Waals surface area contributed by atoms with Crippen molar-refractivity contribution in [2.45, 2.75) is 57.6 Å². The van der Waals surface area contributed by atoms with Gasteiger partial charge in [-0.1, -0.05) is 13.0 Å². The van der Waals surface area contributed by atoms with Gasteiger partial charge in [0.05, 0.1) is 10.6 Å². The molecule has 0 radical (unpaired) electrons. The molecule has 1 N–H and O–H groups in total. The number of ether oxygens (including phenoxy) is 1. The van der Waals surface area contributed by atoms with Gasteiger partial charge < -0.3 is 10.1 Å². The molecular formula is C17H25BrFNO. The molecule has 0 aliphatic carbocycles. The zero-order valence-electron chi connectivity index (χ0n) is 12.7. The maximum Gasteiger partial charge on any atom is 0.137 e. The van der Waals surface area contributed by atoms with Gasteiger partial charge in [0, 0.05) is 12.6 Å². The molecule has 0 spiro atoms. The molecule has 2 atom stereocenters. The summed E-state index contributed by atoms with van der Waals surface area (Å²) in [6.45, 7) is 4.03. The first-order valence-corrected chi connectivity index (χ1v) is 8.80. The van der Waals surface area contributed by atoms with Crippen molar-refractivity contribution in [1.82, 2.24) is 5.32 Å². The predicted molar refractivity (Wildman–Crippen MR) is 88.0 cm³/mol. The molecular weight excluding hydrogens is 333 g/mol. The molecule has 1 fully saturated rings. The predicted octanol–water partition coefficient (Wildman–Crippen LogP) is 4.98. The van der Waals surface area contributed by atoms with E-state index in [-0.39, 0.29) is 11.9 Å². The van der Waals surface area contributed by atoms with Crippen LogP contribution in [0.2, 0.25) is 0 Å². The van der Waals surface area contributed by atoms with Crippen LogP contribution in [0.1, 0.15) is 57.1 Å². The highest BCUT2D eigenvalue weighted by atomic mass is 79.9. The summed E-state index contributed by atoms with van der Waals surface area (Å²) in [5.41, 5.74) is 1.04. The number of nitrogens with one attached hydrogen (secondary N) is 1. The maximum absolute atomic E-state index is 13.7. The SMILES string of the molecule is CCCNC(CCCC1CCCO1)c1ccc(Br)c(F)c1. The summed E-state index contributed by atoms with van der Waals surface area (Å²) in [7, 11) is 0. The molecule has 0 amide bonds. The number of rotatable bonds is 8. The minimum Gasteiger partial charge on any atom is -0.378 e. The van der Waals surface area contributed by atoms with Gasteiger partial charge in [-0.2, -0.15) is 0 Å². The van der Waals surface area contributed by atoms with E-state index in [2.05, 4.69) is 28.2 Å². The fourth-order valence-electron chi connectivity index (χ4n) is 2.86. The zero-order valence-corrected chi connectivity index (χ0v) is 14.3. The molecule has 118 valence electrons. The molecule has 2 nitrogen and oxygen atoms in total. The Kier molecular flexibility index (Phi) is 7.14. The quantitative estimate of drug-likeness (QED) is 0.708. The highest BCUT2D eigenvalue weighted by molar-refractivity contribution is 9.10. The van der Waals surface area contributed by atoms with Gasteiger partial charge >= 0.3 is 0 Å².